The molecule has 1 aliphatic heterocycles. The van der Waals surface area contributed by atoms with Gasteiger partial charge in [0.05, 0.1) is 19.4 Å². The van der Waals surface area contributed by atoms with Crippen LogP contribution in [0.25, 0.3) is 0 Å². The fraction of sp³-hybridized carbons (Fsp3) is 0.529. The molecule has 2 amide bonds. The summed E-state index contributed by atoms with van der Waals surface area (Å²) in [6.07, 6.45) is 0.321. The van der Waals surface area contributed by atoms with Crippen molar-refractivity contribution in [2.45, 2.75) is 6.42 Å². The highest BCUT2D eigenvalue weighted by Gasteiger charge is 2.28. The molecule has 2 rings (SSSR count). The van der Waals surface area contributed by atoms with Crippen LogP contribution in [0.5, 0.6) is 5.75 Å². The number of nitrogens with zero attached hydrogens (tertiary/aromatic N) is 2. The van der Waals surface area contributed by atoms with E-state index in [0.717, 1.165) is 17.9 Å². The van der Waals surface area contributed by atoms with Gasteiger partial charge in [0.25, 0.3) is 0 Å². The van der Waals surface area contributed by atoms with Gasteiger partial charge < -0.3 is 19.9 Å². The van der Waals surface area contributed by atoms with Crippen LogP contribution in [0, 0.1) is 5.92 Å². The van der Waals surface area contributed by atoms with Crippen LogP contribution in [0.15, 0.2) is 24.3 Å². The summed E-state index contributed by atoms with van der Waals surface area (Å²) in [5.41, 5.74) is 0.920. The van der Waals surface area contributed by atoms with E-state index in [1.54, 1.807) is 19.1 Å². The molecule has 0 unspecified atom stereocenters. The Bertz CT molecular complexity index is 562. The fourth-order valence-corrected chi connectivity index (χ4v) is 2.84. The quantitative estimate of drug-likeness (QED) is 0.871. The maximum Gasteiger partial charge on any atom is 0.227 e. The van der Waals surface area contributed by atoms with Crippen molar-refractivity contribution >= 4 is 11.8 Å². The first kappa shape index (κ1) is 17.3. The predicted octanol–water partition coefficient (Wildman–Crippen LogP) is 0.374. The third-order valence-corrected chi connectivity index (χ3v) is 4.18. The van der Waals surface area contributed by atoms with Crippen molar-refractivity contribution in [1.82, 2.24) is 15.1 Å². The lowest BCUT2D eigenvalue weighted by atomic mass is 10.1. The first-order chi connectivity index (χ1) is 11.0. The van der Waals surface area contributed by atoms with E-state index in [9.17, 15) is 9.59 Å². The van der Waals surface area contributed by atoms with Gasteiger partial charge in [-0.15, -0.1) is 0 Å². The zero-order chi connectivity index (χ0) is 16.8. The van der Waals surface area contributed by atoms with Crippen molar-refractivity contribution in [3.05, 3.63) is 29.8 Å². The zero-order valence-electron chi connectivity index (χ0n) is 14.0. The molecule has 0 aliphatic carbocycles. The summed E-state index contributed by atoms with van der Waals surface area (Å²) in [5, 5.41) is 2.69. The van der Waals surface area contributed by atoms with Crippen LogP contribution < -0.4 is 10.1 Å². The maximum absolute atomic E-state index is 12.6. The predicted molar refractivity (Wildman–Crippen MR) is 88.3 cm³/mol. The smallest absolute Gasteiger partial charge is 0.227 e. The summed E-state index contributed by atoms with van der Waals surface area (Å²) >= 11 is 0. The number of ether oxygens (including phenoxy) is 1. The Morgan fingerprint density at radius 1 is 1.30 bits per heavy atom. The lowest BCUT2D eigenvalue weighted by molar-refractivity contribution is -0.132. The third-order valence-electron chi connectivity index (χ3n) is 4.18. The number of rotatable bonds is 4. The van der Waals surface area contributed by atoms with Gasteiger partial charge in [0.2, 0.25) is 11.8 Å². The number of nitrogens with one attached hydrogen (secondary N) is 1. The number of benzene rings is 1. The Morgan fingerprint density at radius 3 is 2.78 bits per heavy atom. The van der Waals surface area contributed by atoms with Crippen molar-refractivity contribution in [2.24, 2.45) is 5.92 Å². The molecule has 1 saturated heterocycles. The average molecular weight is 319 g/mol. The Kier molecular flexibility index (Phi) is 5.98. The molecule has 1 fully saturated rings. The molecule has 23 heavy (non-hydrogen) atoms. The van der Waals surface area contributed by atoms with Crippen LogP contribution in [0.4, 0.5) is 0 Å². The van der Waals surface area contributed by atoms with E-state index in [1.165, 1.54) is 0 Å². The lowest BCUT2D eigenvalue weighted by Crippen LogP contribution is -2.41. The molecular formula is C17H25N3O3. The monoisotopic (exact) mass is 319 g/mol. The van der Waals surface area contributed by atoms with Gasteiger partial charge in [-0.2, -0.15) is 0 Å². The van der Waals surface area contributed by atoms with E-state index in [2.05, 4.69) is 10.2 Å². The average Bonchev–Trinajstić information content (AvgIpc) is 2.76. The molecular weight excluding hydrogens is 294 g/mol. The third kappa shape index (κ3) is 4.69. The Hall–Kier alpha value is -2.08. The Morgan fingerprint density at radius 2 is 2.09 bits per heavy atom. The molecule has 0 spiro atoms. The summed E-state index contributed by atoms with van der Waals surface area (Å²) in [6.45, 7) is 2.56. The van der Waals surface area contributed by atoms with Gasteiger partial charge in [0.1, 0.15) is 5.75 Å². The van der Waals surface area contributed by atoms with Crippen LogP contribution in [0.1, 0.15) is 5.56 Å². The molecule has 0 bridgehead atoms. The van der Waals surface area contributed by atoms with E-state index < -0.39 is 0 Å². The maximum atomic E-state index is 12.6. The van der Waals surface area contributed by atoms with E-state index in [1.807, 2.05) is 31.3 Å². The summed E-state index contributed by atoms with van der Waals surface area (Å²) in [6, 6.07) is 7.53. The normalized spacial score (nSPS) is 19.1. The number of likely N-dealkylation sites (N-methyl/N-ethyl adjacent to an activating group) is 1. The minimum Gasteiger partial charge on any atom is -0.497 e. The number of methoxy groups -OCH3 is 1. The van der Waals surface area contributed by atoms with Crippen LogP contribution in [-0.4, -0.2) is 69.0 Å². The molecule has 1 atom stereocenters. The topological polar surface area (TPSA) is 61.9 Å². The van der Waals surface area contributed by atoms with Gasteiger partial charge in [-0.1, -0.05) is 12.1 Å². The van der Waals surface area contributed by atoms with Crippen molar-refractivity contribution in [1.29, 1.82) is 0 Å². The number of carbonyl (C=O) groups excluding carboxylic acids is 2. The minimum absolute atomic E-state index is 0.0158. The fourth-order valence-electron chi connectivity index (χ4n) is 2.84. The molecule has 0 aromatic heterocycles. The molecule has 1 N–H and O–H groups in total. The van der Waals surface area contributed by atoms with Gasteiger partial charge in [-0.25, -0.2) is 0 Å². The van der Waals surface area contributed by atoms with Crippen LogP contribution >= 0.6 is 0 Å². The van der Waals surface area contributed by atoms with Crippen molar-refractivity contribution in [3.8, 4) is 5.75 Å². The Balaban J connectivity index is 2.05. The molecule has 6 nitrogen and oxygen atoms in total. The number of hydrogen-bond acceptors (Lipinski definition) is 4. The summed E-state index contributed by atoms with van der Waals surface area (Å²) in [5.74, 6) is 0.580. The number of amides is 2. The van der Waals surface area contributed by atoms with Crippen molar-refractivity contribution < 1.29 is 14.3 Å². The molecule has 1 aromatic rings. The molecule has 0 saturated carbocycles. The van der Waals surface area contributed by atoms with E-state index in [-0.39, 0.29) is 17.7 Å². The van der Waals surface area contributed by atoms with Gasteiger partial charge in [-0.05, 0) is 24.7 Å². The summed E-state index contributed by atoms with van der Waals surface area (Å²) in [4.78, 5) is 28.5. The highest BCUT2D eigenvalue weighted by Crippen LogP contribution is 2.15. The van der Waals surface area contributed by atoms with Gasteiger partial charge in [0.15, 0.2) is 0 Å². The van der Waals surface area contributed by atoms with Gasteiger partial charge in [-0.3, -0.25) is 9.59 Å². The number of carbonyl (C=O) groups is 2. The number of hydrogen-bond donors (Lipinski definition) is 1. The molecule has 0 radical (unpaired) electrons. The van der Waals surface area contributed by atoms with E-state index in [4.69, 9.17) is 4.74 Å². The van der Waals surface area contributed by atoms with Crippen LogP contribution in [-0.2, 0) is 16.0 Å². The second-order valence-electron chi connectivity index (χ2n) is 5.94. The van der Waals surface area contributed by atoms with E-state index in [0.29, 0.717) is 26.1 Å². The van der Waals surface area contributed by atoms with Crippen molar-refractivity contribution in [3.63, 3.8) is 0 Å². The largest absolute Gasteiger partial charge is 0.497 e. The van der Waals surface area contributed by atoms with Crippen LogP contribution in [0.2, 0.25) is 0 Å². The summed E-state index contributed by atoms with van der Waals surface area (Å²) in [7, 11) is 5.22. The second kappa shape index (κ2) is 7.97. The van der Waals surface area contributed by atoms with Crippen molar-refractivity contribution in [2.75, 3.05) is 47.4 Å². The van der Waals surface area contributed by atoms with Crippen LogP contribution in [0.3, 0.4) is 0 Å². The lowest BCUT2D eigenvalue weighted by Gasteiger charge is -2.23. The zero-order valence-corrected chi connectivity index (χ0v) is 14.0. The standard InChI is InChI=1S/C17H25N3O3/c1-18-17(22)14-11-19(2)7-8-20(12-14)16(21)10-13-5-4-6-15(9-13)23-3/h4-6,9,14H,7-8,10-12H2,1-3H3,(H,18,22)/t14-/m0/s1. The molecule has 1 aliphatic rings. The van der Waals surface area contributed by atoms with Gasteiger partial charge in [0, 0.05) is 33.2 Å². The molecule has 6 heteroatoms. The first-order valence-corrected chi connectivity index (χ1v) is 7.84. The first-order valence-electron chi connectivity index (χ1n) is 7.84. The molecule has 1 aromatic carbocycles. The highest BCUT2D eigenvalue weighted by atomic mass is 16.5. The molecule has 126 valence electrons. The van der Waals surface area contributed by atoms with E-state index >= 15 is 0 Å². The summed E-state index contributed by atoms with van der Waals surface area (Å²) < 4.78 is 5.19. The second-order valence-corrected chi connectivity index (χ2v) is 5.94. The SMILES string of the molecule is CNC(=O)[C@H]1CN(C)CCN(C(=O)Cc2cccc(OC)c2)C1. The van der Waals surface area contributed by atoms with Gasteiger partial charge >= 0.3 is 0 Å². The Labute approximate surface area is 137 Å². The minimum atomic E-state index is -0.193. The highest BCUT2D eigenvalue weighted by molar-refractivity contribution is 5.82. The molecule has 1 heterocycles.